The molecule has 0 aliphatic heterocycles. The van der Waals surface area contributed by atoms with E-state index in [4.69, 9.17) is 0 Å². The minimum Gasteiger partial charge on any atom is -0.548 e. The number of amides is 1. The average molecular weight is 303 g/mol. The minimum absolute atomic E-state index is 0.204. The van der Waals surface area contributed by atoms with Crippen LogP contribution in [0.3, 0.4) is 0 Å². The van der Waals surface area contributed by atoms with E-state index in [-0.39, 0.29) is 11.7 Å². The summed E-state index contributed by atoms with van der Waals surface area (Å²) < 4.78 is 0. The van der Waals surface area contributed by atoms with Gasteiger partial charge < -0.3 is 15.2 Å². The van der Waals surface area contributed by atoms with Gasteiger partial charge in [-0.3, -0.25) is 9.78 Å². The molecule has 0 spiro atoms. The number of benzene rings is 1. The van der Waals surface area contributed by atoms with Crippen LogP contribution in [0.25, 0.3) is 10.9 Å². The molecular formula is C15H15N2O3S-. The summed E-state index contributed by atoms with van der Waals surface area (Å²) >= 11 is 1.37. The molecular weight excluding hydrogens is 288 g/mol. The van der Waals surface area contributed by atoms with Gasteiger partial charge in [0.15, 0.2) is 0 Å². The van der Waals surface area contributed by atoms with Crippen molar-refractivity contribution in [2.75, 3.05) is 5.75 Å². The highest BCUT2D eigenvalue weighted by Gasteiger charge is 2.13. The molecule has 21 heavy (non-hydrogen) atoms. The molecule has 0 fully saturated rings. The summed E-state index contributed by atoms with van der Waals surface area (Å²) in [7, 11) is 0. The van der Waals surface area contributed by atoms with Crippen LogP contribution in [0.5, 0.6) is 0 Å². The third-order valence-corrected chi connectivity index (χ3v) is 4.02. The first-order chi connectivity index (χ1) is 9.97. The van der Waals surface area contributed by atoms with Crippen molar-refractivity contribution in [1.29, 1.82) is 0 Å². The summed E-state index contributed by atoms with van der Waals surface area (Å²) in [6.45, 7) is 3.17. The van der Waals surface area contributed by atoms with Gasteiger partial charge in [0.2, 0.25) is 5.91 Å². The maximum absolute atomic E-state index is 11.0. The Morgan fingerprint density at radius 3 is 2.76 bits per heavy atom. The number of aryl methyl sites for hydroxylation is 1. The van der Waals surface area contributed by atoms with Crippen molar-refractivity contribution in [2.24, 2.45) is 0 Å². The fourth-order valence-corrected chi connectivity index (χ4v) is 3.12. The fourth-order valence-electron chi connectivity index (χ4n) is 1.98. The Kier molecular flexibility index (Phi) is 4.80. The number of nitrogens with one attached hydrogen (secondary N) is 1. The molecule has 1 unspecified atom stereocenters. The van der Waals surface area contributed by atoms with E-state index in [1.165, 1.54) is 18.7 Å². The summed E-state index contributed by atoms with van der Waals surface area (Å²) in [4.78, 5) is 27.4. The second-order valence-electron chi connectivity index (χ2n) is 4.66. The number of aliphatic carboxylic acids is 1. The van der Waals surface area contributed by atoms with Gasteiger partial charge in [-0.1, -0.05) is 18.2 Å². The summed E-state index contributed by atoms with van der Waals surface area (Å²) in [5.74, 6) is -1.47. The zero-order valence-corrected chi connectivity index (χ0v) is 12.6. The van der Waals surface area contributed by atoms with Crippen LogP contribution in [-0.2, 0) is 9.59 Å². The predicted molar refractivity (Wildman–Crippen MR) is 79.8 cm³/mol. The third kappa shape index (κ3) is 3.95. The van der Waals surface area contributed by atoms with Gasteiger partial charge in [-0.25, -0.2) is 0 Å². The standard InChI is InChI=1S/C15H16N2O3S/c1-9-7-14(11-5-3-4-6-12(11)16-9)21-8-13(15(19)20)17-10(2)18/h3-7,13H,8H2,1-2H3,(H,17,18)(H,19,20)/p-1. The maximum atomic E-state index is 11.0. The van der Waals surface area contributed by atoms with Crippen molar-refractivity contribution in [2.45, 2.75) is 24.8 Å². The number of thioether (sulfide) groups is 1. The van der Waals surface area contributed by atoms with Crippen LogP contribution in [0.4, 0.5) is 0 Å². The Bertz CT molecular complexity index is 688. The molecule has 2 aromatic rings. The summed E-state index contributed by atoms with van der Waals surface area (Å²) in [5, 5.41) is 14.4. The highest BCUT2D eigenvalue weighted by atomic mass is 32.2. The molecule has 0 bridgehead atoms. The summed E-state index contributed by atoms with van der Waals surface area (Å²) in [5.41, 5.74) is 1.73. The molecule has 5 nitrogen and oxygen atoms in total. The number of hydrogen-bond donors (Lipinski definition) is 1. The zero-order valence-electron chi connectivity index (χ0n) is 11.8. The first kappa shape index (κ1) is 15.3. The third-order valence-electron chi connectivity index (χ3n) is 2.87. The van der Waals surface area contributed by atoms with Crippen LogP contribution >= 0.6 is 11.8 Å². The Labute approximate surface area is 126 Å². The van der Waals surface area contributed by atoms with Gasteiger partial charge in [-0.05, 0) is 19.1 Å². The number of para-hydroxylation sites is 1. The zero-order chi connectivity index (χ0) is 15.4. The van der Waals surface area contributed by atoms with Crippen LogP contribution in [-0.4, -0.2) is 28.7 Å². The average Bonchev–Trinajstić information content (AvgIpc) is 2.42. The lowest BCUT2D eigenvalue weighted by atomic mass is 10.2. The quantitative estimate of drug-likeness (QED) is 0.830. The molecule has 1 aromatic heterocycles. The molecule has 1 heterocycles. The second-order valence-corrected chi connectivity index (χ2v) is 5.72. The van der Waals surface area contributed by atoms with Gasteiger partial charge in [0, 0.05) is 28.7 Å². The van der Waals surface area contributed by atoms with Crippen LogP contribution in [0.1, 0.15) is 12.6 Å². The predicted octanol–water partition coefficient (Wildman–Crippen LogP) is 0.890. The lowest BCUT2D eigenvalue weighted by molar-refractivity contribution is -0.307. The maximum Gasteiger partial charge on any atom is 0.217 e. The Balaban J connectivity index is 2.23. The highest BCUT2D eigenvalue weighted by molar-refractivity contribution is 7.99. The van der Waals surface area contributed by atoms with E-state index < -0.39 is 12.0 Å². The number of nitrogens with zero attached hydrogens (tertiary/aromatic N) is 1. The number of carbonyl (C=O) groups is 2. The van der Waals surface area contributed by atoms with E-state index in [2.05, 4.69) is 10.3 Å². The SMILES string of the molecule is CC(=O)NC(CSc1cc(C)nc2ccccc12)C(=O)[O-]. The van der Waals surface area contributed by atoms with Gasteiger partial charge in [0.25, 0.3) is 0 Å². The molecule has 0 saturated carbocycles. The molecule has 0 aliphatic carbocycles. The monoisotopic (exact) mass is 303 g/mol. The number of pyridine rings is 1. The van der Waals surface area contributed by atoms with E-state index in [9.17, 15) is 14.7 Å². The molecule has 110 valence electrons. The van der Waals surface area contributed by atoms with E-state index >= 15 is 0 Å². The lowest BCUT2D eigenvalue weighted by Gasteiger charge is -2.18. The number of hydrogen-bond acceptors (Lipinski definition) is 5. The van der Waals surface area contributed by atoms with Crippen molar-refractivity contribution in [1.82, 2.24) is 10.3 Å². The number of carboxylic acids is 1. The molecule has 1 N–H and O–H groups in total. The topological polar surface area (TPSA) is 82.1 Å². The summed E-state index contributed by atoms with van der Waals surface area (Å²) in [6, 6.07) is 8.57. The molecule has 1 atom stereocenters. The second kappa shape index (κ2) is 6.58. The smallest absolute Gasteiger partial charge is 0.217 e. The van der Waals surface area contributed by atoms with Crippen LogP contribution in [0, 0.1) is 6.92 Å². The molecule has 0 radical (unpaired) electrons. The van der Waals surface area contributed by atoms with Gasteiger partial charge in [0.1, 0.15) is 0 Å². The van der Waals surface area contributed by atoms with Gasteiger partial charge in [-0.15, -0.1) is 11.8 Å². The van der Waals surface area contributed by atoms with Crippen LogP contribution in [0.2, 0.25) is 0 Å². The van der Waals surface area contributed by atoms with E-state index in [1.54, 1.807) is 0 Å². The molecule has 6 heteroatoms. The highest BCUT2D eigenvalue weighted by Crippen LogP contribution is 2.28. The molecule has 1 amide bonds. The number of fused-ring (bicyclic) bond motifs is 1. The fraction of sp³-hybridized carbons (Fsp3) is 0.267. The number of carbonyl (C=O) groups excluding carboxylic acids is 2. The van der Waals surface area contributed by atoms with Crippen molar-refractivity contribution in [3.8, 4) is 0 Å². The lowest BCUT2D eigenvalue weighted by Crippen LogP contribution is -2.48. The summed E-state index contributed by atoms with van der Waals surface area (Å²) in [6.07, 6.45) is 0. The van der Waals surface area contributed by atoms with Gasteiger partial charge in [0.05, 0.1) is 17.5 Å². The van der Waals surface area contributed by atoms with Crippen LogP contribution in [0.15, 0.2) is 35.2 Å². The molecule has 0 aliphatic rings. The first-order valence-corrected chi connectivity index (χ1v) is 7.43. The molecule has 0 saturated heterocycles. The molecule has 2 rings (SSSR count). The molecule has 1 aromatic carbocycles. The minimum atomic E-state index is -1.28. The van der Waals surface area contributed by atoms with E-state index in [0.717, 1.165) is 21.5 Å². The Morgan fingerprint density at radius 2 is 2.10 bits per heavy atom. The normalized spacial score (nSPS) is 12.1. The van der Waals surface area contributed by atoms with Crippen LogP contribution < -0.4 is 10.4 Å². The Hall–Kier alpha value is -2.08. The van der Waals surface area contributed by atoms with Crippen molar-refractivity contribution >= 4 is 34.5 Å². The first-order valence-electron chi connectivity index (χ1n) is 6.44. The van der Waals surface area contributed by atoms with E-state index in [0.29, 0.717) is 0 Å². The van der Waals surface area contributed by atoms with Gasteiger partial charge >= 0.3 is 0 Å². The van der Waals surface area contributed by atoms with Gasteiger partial charge in [-0.2, -0.15) is 0 Å². The van der Waals surface area contributed by atoms with Crippen molar-refractivity contribution in [3.63, 3.8) is 0 Å². The van der Waals surface area contributed by atoms with Crippen molar-refractivity contribution in [3.05, 3.63) is 36.0 Å². The largest absolute Gasteiger partial charge is 0.548 e. The number of rotatable bonds is 5. The number of aromatic nitrogens is 1. The van der Waals surface area contributed by atoms with E-state index in [1.807, 2.05) is 37.3 Å². The number of carboxylic acid groups (broad SMARTS) is 1. The van der Waals surface area contributed by atoms with Crippen molar-refractivity contribution < 1.29 is 14.7 Å². The Morgan fingerprint density at radius 1 is 1.38 bits per heavy atom.